The number of thiophene rings is 1. The highest BCUT2D eigenvalue weighted by Crippen LogP contribution is 2.33. The Balaban J connectivity index is 1.37. The van der Waals surface area contributed by atoms with Gasteiger partial charge in [0, 0.05) is 30.9 Å². The van der Waals surface area contributed by atoms with Crippen molar-refractivity contribution in [2.45, 2.75) is 26.8 Å². The topological polar surface area (TPSA) is 63.2 Å². The summed E-state index contributed by atoms with van der Waals surface area (Å²) in [6.45, 7) is 9.33. The fraction of sp³-hybridized carbons (Fsp3) is 0.409. The Morgan fingerprint density at radius 1 is 1.07 bits per heavy atom. The third kappa shape index (κ3) is 4.05. The number of nitrogens with zero attached hydrogens (tertiary/aromatic N) is 4. The SMILES string of the molecule is Cc1sc2nc(CN3CCOCC3)nc(NCCc3nc4ccccc4s3)c2c1C. The molecule has 6 nitrogen and oxygen atoms in total. The van der Waals surface area contributed by atoms with Crippen LogP contribution in [0.2, 0.25) is 0 Å². The Labute approximate surface area is 183 Å². The van der Waals surface area contributed by atoms with Gasteiger partial charge in [-0.2, -0.15) is 0 Å². The molecule has 0 saturated carbocycles. The maximum atomic E-state index is 5.47. The van der Waals surface area contributed by atoms with Gasteiger partial charge in [-0.1, -0.05) is 12.1 Å². The number of benzene rings is 1. The van der Waals surface area contributed by atoms with Crippen LogP contribution in [0.1, 0.15) is 21.3 Å². The monoisotopic (exact) mass is 439 g/mol. The van der Waals surface area contributed by atoms with Gasteiger partial charge in [-0.15, -0.1) is 22.7 Å². The number of morpholine rings is 1. The molecule has 0 radical (unpaired) electrons. The third-order valence-electron chi connectivity index (χ3n) is 5.51. The van der Waals surface area contributed by atoms with Crippen molar-refractivity contribution in [2.24, 2.45) is 0 Å². The Hall–Kier alpha value is -2.13. The average molecular weight is 440 g/mol. The van der Waals surface area contributed by atoms with Gasteiger partial charge in [0.15, 0.2) is 0 Å². The Kier molecular flexibility index (Phi) is 5.64. The van der Waals surface area contributed by atoms with Crippen LogP contribution in [0.4, 0.5) is 5.82 Å². The van der Waals surface area contributed by atoms with Crippen LogP contribution in [-0.2, 0) is 17.7 Å². The molecule has 5 rings (SSSR count). The van der Waals surface area contributed by atoms with Gasteiger partial charge in [-0.3, -0.25) is 4.90 Å². The summed E-state index contributed by atoms with van der Waals surface area (Å²) in [6.07, 6.45) is 0.881. The number of para-hydroxylation sites is 1. The molecule has 1 fully saturated rings. The number of thiazole rings is 1. The predicted molar refractivity (Wildman–Crippen MR) is 125 cm³/mol. The summed E-state index contributed by atoms with van der Waals surface area (Å²) in [5.74, 6) is 1.83. The lowest BCUT2D eigenvalue weighted by molar-refractivity contribution is 0.0331. The highest BCUT2D eigenvalue weighted by molar-refractivity contribution is 7.19. The normalized spacial score (nSPS) is 15.3. The van der Waals surface area contributed by atoms with Gasteiger partial charge in [0.05, 0.1) is 40.4 Å². The van der Waals surface area contributed by atoms with Crippen LogP contribution in [0.5, 0.6) is 0 Å². The summed E-state index contributed by atoms with van der Waals surface area (Å²) >= 11 is 3.53. The van der Waals surface area contributed by atoms with E-state index in [1.807, 2.05) is 6.07 Å². The maximum absolute atomic E-state index is 5.47. The number of nitrogens with one attached hydrogen (secondary N) is 1. The lowest BCUT2D eigenvalue weighted by atomic mass is 10.2. The lowest BCUT2D eigenvalue weighted by Gasteiger charge is -2.25. The van der Waals surface area contributed by atoms with Crippen molar-refractivity contribution in [1.82, 2.24) is 19.9 Å². The minimum absolute atomic E-state index is 0.766. The summed E-state index contributed by atoms with van der Waals surface area (Å²) in [5, 5.41) is 5.90. The molecule has 0 amide bonds. The zero-order valence-corrected chi connectivity index (χ0v) is 18.9. The van der Waals surface area contributed by atoms with E-state index in [0.29, 0.717) is 0 Å². The van der Waals surface area contributed by atoms with Crippen molar-refractivity contribution in [3.05, 3.63) is 45.5 Å². The Bertz CT molecular complexity index is 1150. The number of aryl methyl sites for hydroxylation is 2. The molecule has 1 aliphatic heterocycles. The van der Waals surface area contributed by atoms with Gasteiger partial charge in [0.1, 0.15) is 16.5 Å². The standard InChI is InChI=1S/C22H25N5OS2/c1-14-15(2)29-22-20(14)21(25-18(26-22)13-27-9-11-28-12-10-27)23-8-7-19-24-16-5-3-4-6-17(16)30-19/h3-6H,7-13H2,1-2H3,(H,23,25,26). The second-order valence-electron chi connectivity index (χ2n) is 7.59. The fourth-order valence-electron chi connectivity index (χ4n) is 3.77. The largest absolute Gasteiger partial charge is 0.379 e. The molecule has 4 heterocycles. The van der Waals surface area contributed by atoms with Crippen LogP contribution in [0, 0.1) is 13.8 Å². The zero-order chi connectivity index (χ0) is 20.5. The first kappa shape index (κ1) is 19.8. The number of hydrogen-bond donors (Lipinski definition) is 1. The Morgan fingerprint density at radius 3 is 2.73 bits per heavy atom. The molecule has 4 aromatic rings. The van der Waals surface area contributed by atoms with Gasteiger partial charge in [0.2, 0.25) is 0 Å². The summed E-state index contributed by atoms with van der Waals surface area (Å²) in [4.78, 5) is 19.3. The average Bonchev–Trinajstić information content (AvgIpc) is 3.29. The van der Waals surface area contributed by atoms with Crippen molar-refractivity contribution < 1.29 is 4.74 Å². The number of fused-ring (bicyclic) bond motifs is 2. The second-order valence-corrected chi connectivity index (χ2v) is 9.91. The molecule has 0 atom stereocenters. The minimum atomic E-state index is 0.766. The van der Waals surface area contributed by atoms with E-state index in [1.54, 1.807) is 22.7 Å². The molecule has 1 saturated heterocycles. The zero-order valence-electron chi connectivity index (χ0n) is 17.3. The molecule has 1 aliphatic rings. The van der Waals surface area contributed by atoms with E-state index in [9.17, 15) is 0 Å². The molecule has 0 bridgehead atoms. The fourth-order valence-corrected chi connectivity index (χ4v) is 5.78. The van der Waals surface area contributed by atoms with E-state index in [-0.39, 0.29) is 0 Å². The molecule has 1 N–H and O–H groups in total. The molecular formula is C22H25N5OS2. The predicted octanol–water partition coefficient (Wildman–Crippen LogP) is 4.40. The van der Waals surface area contributed by atoms with Crippen molar-refractivity contribution in [3.63, 3.8) is 0 Å². The van der Waals surface area contributed by atoms with E-state index < -0.39 is 0 Å². The van der Waals surface area contributed by atoms with Gasteiger partial charge >= 0.3 is 0 Å². The molecule has 0 aliphatic carbocycles. The number of anilines is 1. The molecule has 1 aromatic carbocycles. The first-order chi connectivity index (χ1) is 14.7. The summed E-state index contributed by atoms with van der Waals surface area (Å²) in [6, 6.07) is 8.32. The molecule has 3 aromatic heterocycles. The van der Waals surface area contributed by atoms with Gasteiger partial charge in [0.25, 0.3) is 0 Å². The van der Waals surface area contributed by atoms with Crippen molar-refractivity contribution >= 4 is 48.9 Å². The maximum Gasteiger partial charge on any atom is 0.146 e. The van der Waals surface area contributed by atoms with Crippen LogP contribution in [0.15, 0.2) is 24.3 Å². The lowest BCUT2D eigenvalue weighted by Crippen LogP contribution is -2.36. The van der Waals surface area contributed by atoms with E-state index in [1.165, 1.54) is 15.1 Å². The first-order valence-electron chi connectivity index (χ1n) is 10.3. The van der Waals surface area contributed by atoms with Crippen LogP contribution in [-0.4, -0.2) is 52.7 Å². The van der Waals surface area contributed by atoms with Crippen LogP contribution >= 0.6 is 22.7 Å². The van der Waals surface area contributed by atoms with Crippen LogP contribution in [0.3, 0.4) is 0 Å². The summed E-state index contributed by atoms with van der Waals surface area (Å²) in [5.41, 5.74) is 2.36. The molecule has 0 spiro atoms. The van der Waals surface area contributed by atoms with Crippen molar-refractivity contribution in [3.8, 4) is 0 Å². The third-order valence-corrected chi connectivity index (χ3v) is 7.71. The summed E-state index contributed by atoms with van der Waals surface area (Å²) in [7, 11) is 0. The molecule has 8 heteroatoms. The van der Waals surface area contributed by atoms with Crippen molar-refractivity contribution in [1.29, 1.82) is 0 Å². The van der Waals surface area contributed by atoms with Crippen molar-refractivity contribution in [2.75, 3.05) is 38.2 Å². The highest BCUT2D eigenvalue weighted by Gasteiger charge is 2.17. The minimum Gasteiger partial charge on any atom is -0.379 e. The van der Waals surface area contributed by atoms with E-state index in [4.69, 9.17) is 19.7 Å². The number of aromatic nitrogens is 3. The van der Waals surface area contributed by atoms with Gasteiger partial charge in [-0.05, 0) is 31.5 Å². The number of rotatable bonds is 6. The first-order valence-corrected chi connectivity index (χ1v) is 12.0. The van der Waals surface area contributed by atoms with Gasteiger partial charge < -0.3 is 10.1 Å². The molecule has 30 heavy (non-hydrogen) atoms. The number of ether oxygens (including phenoxy) is 1. The quantitative estimate of drug-likeness (QED) is 0.480. The van der Waals surface area contributed by atoms with Crippen LogP contribution in [0.25, 0.3) is 20.4 Å². The van der Waals surface area contributed by atoms with E-state index >= 15 is 0 Å². The molecule has 0 unspecified atom stereocenters. The highest BCUT2D eigenvalue weighted by atomic mass is 32.1. The second kappa shape index (κ2) is 8.55. The molecule has 156 valence electrons. The van der Waals surface area contributed by atoms with Crippen LogP contribution < -0.4 is 5.32 Å². The Morgan fingerprint density at radius 2 is 1.90 bits per heavy atom. The van der Waals surface area contributed by atoms with E-state index in [0.717, 1.165) is 78.2 Å². The number of hydrogen-bond acceptors (Lipinski definition) is 8. The smallest absolute Gasteiger partial charge is 0.146 e. The van der Waals surface area contributed by atoms with E-state index in [2.05, 4.69) is 42.3 Å². The summed E-state index contributed by atoms with van der Waals surface area (Å²) < 4.78 is 6.71. The van der Waals surface area contributed by atoms with Gasteiger partial charge in [-0.25, -0.2) is 15.0 Å². The molecular weight excluding hydrogens is 414 g/mol.